The second-order valence-corrected chi connectivity index (χ2v) is 10.5. The van der Waals surface area contributed by atoms with E-state index in [0.717, 1.165) is 60.3 Å². The SMILES string of the molecule is COc1cccc(-c2nc(CCCC(=O)CCCCC3CCC(Cc4ccccc4)CC3)c(C)o2)c1. The average Bonchev–Trinajstić information content (AvgIpc) is 3.28. The number of ether oxygens (including phenoxy) is 1. The van der Waals surface area contributed by atoms with Gasteiger partial charge < -0.3 is 9.15 Å². The molecule has 1 aliphatic carbocycles. The maximum absolute atomic E-state index is 12.4. The van der Waals surface area contributed by atoms with Crippen molar-refractivity contribution < 1.29 is 13.9 Å². The fourth-order valence-electron chi connectivity index (χ4n) is 5.54. The van der Waals surface area contributed by atoms with Gasteiger partial charge in [0.25, 0.3) is 0 Å². The van der Waals surface area contributed by atoms with E-state index >= 15 is 0 Å². The summed E-state index contributed by atoms with van der Waals surface area (Å²) in [5.41, 5.74) is 3.34. The molecule has 4 nitrogen and oxygen atoms in total. The summed E-state index contributed by atoms with van der Waals surface area (Å²) in [6.07, 6.45) is 13.1. The van der Waals surface area contributed by atoms with E-state index in [0.29, 0.717) is 18.1 Å². The van der Waals surface area contributed by atoms with E-state index in [9.17, 15) is 4.79 Å². The zero-order valence-corrected chi connectivity index (χ0v) is 22.0. The van der Waals surface area contributed by atoms with Gasteiger partial charge in [0.05, 0.1) is 12.8 Å². The predicted octanol–water partition coefficient (Wildman–Crippen LogP) is 8.16. The lowest BCUT2D eigenvalue weighted by Gasteiger charge is -2.28. The molecule has 0 saturated heterocycles. The summed E-state index contributed by atoms with van der Waals surface area (Å²) in [7, 11) is 1.65. The number of nitrogens with zero attached hydrogens (tertiary/aromatic N) is 1. The van der Waals surface area contributed by atoms with Gasteiger partial charge in [-0.15, -0.1) is 0 Å². The number of oxazole rings is 1. The fraction of sp³-hybridized carbons (Fsp3) is 0.500. The zero-order chi connectivity index (χ0) is 25.2. The minimum atomic E-state index is 0.385. The Balaban J connectivity index is 1.09. The van der Waals surface area contributed by atoms with Gasteiger partial charge >= 0.3 is 0 Å². The molecule has 0 bridgehead atoms. The van der Waals surface area contributed by atoms with Gasteiger partial charge in [0.1, 0.15) is 17.3 Å². The molecule has 1 saturated carbocycles. The van der Waals surface area contributed by atoms with Crippen molar-refractivity contribution in [3.05, 3.63) is 71.6 Å². The monoisotopic (exact) mass is 487 g/mol. The van der Waals surface area contributed by atoms with E-state index in [4.69, 9.17) is 9.15 Å². The Morgan fingerprint density at radius 3 is 2.47 bits per heavy atom. The lowest BCUT2D eigenvalue weighted by molar-refractivity contribution is -0.119. The number of hydrogen-bond donors (Lipinski definition) is 0. The van der Waals surface area contributed by atoms with Gasteiger partial charge in [-0.1, -0.05) is 62.1 Å². The van der Waals surface area contributed by atoms with Gasteiger partial charge in [0, 0.05) is 18.4 Å². The van der Waals surface area contributed by atoms with E-state index in [1.165, 1.54) is 50.5 Å². The normalized spacial score (nSPS) is 17.7. The molecule has 3 aromatic rings. The highest BCUT2D eigenvalue weighted by Gasteiger charge is 2.21. The van der Waals surface area contributed by atoms with Crippen molar-refractivity contribution in [2.75, 3.05) is 7.11 Å². The van der Waals surface area contributed by atoms with Crippen molar-refractivity contribution in [3.63, 3.8) is 0 Å². The highest BCUT2D eigenvalue weighted by Crippen LogP contribution is 2.34. The van der Waals surface area contributed by atoms with E-state index in [2.05, 4.69) is 35.3 Å². The van der Waals surface area contributed by atoms with Crippen LogP contribution in [0.5, 0.6) is 5.75 Å². The Morgan fingerprint density at radius 2 is 1.69 bits per heavy atom. The quantitative estimate of drug-likeness (QED) is 0.228. The molecule has 0 spiro atoms. The number of aryl methyl sites for hydroxylation is 2. The van der Waals surface area contributed by atoms with Crippen LogP contribution in [0.1, 0.15) is 81.2 Å². The third-order valence-electron chi connectivity index (χ3n) is 7.73. The van der Waals surface area contributed by atoms with E-state index in [1.54, 1.807) is 7.11 Å². The number of Topliss-reactive ketones (excluding diaryl/α,β-unsaturated/α-hetero) is 1. The van der Waals surface area contributed by atoms with E-state index < -0.39 is 0 Å². The molecular weight excluding hydrogens is 446 g/mol. The average molecular weight is 488 g/mol. The van der Waals surface area contributed by atoms with Crippen LogP contribution in [-0.2, 0) is 17.6 Å². The van der Waals surface area contributed by atoms with Crippen LogP contribution >= 0.6 is 0 Å². The van der Waals surface area contributed by atoms with Crippen molar-refractivity contribution >= 4 is 5.78 Å². The van der Waals surface area contributed by atoms with Crippen LogP contribution in [0.15, 0.2) is 59.0 Å². The number of rotatable bonds is 13. The molecule has 2 aromatic carbocycles. The lowest BCUT2D eigenvalue weighted by atomic mass is 9.77. The van der Waals surface area contributed by atoms with Crippen molar-refractivity contribution in [2.45, 2.75) is 84.0 Å². The minimum Gasteiger partial charge on any atom is -0.497 e. The highest BCUT2D eigenvalue weighted by atomic mass is 16.5. The molecule has 0 atom stereocenters. The molecule has 0 N–H and O–H groups in total. The van der Waals surface area contributed by atoms with Crippen LogP contribution in [0, 0.1) is 18.8 Å². The van der Waals surface area contributed by atoms with Crippen LogP contribution in [-0.4, -0.2) is 17.9 Å². The van der Waals surface area contributed by atoms with E-state index in [-0.39, 0.29) is 0 Å². The maximum Gasteiger partial charge on any atom is 0.226 e. The Labute approximate surface area is 216 Å². The minimum absolute atomic E-state index is 0.385. The van der Waals surface area contributed by atoms with Crippen molar-refractivity contribution in [3.8, 4) is 17.2 Å². The summed E-state index contributed by atoms with van der Waals surface area (Å²) >= 11 is 0. The Bertz CT molecular complexity index is 1080. The number of benzene rings is 2. The highest BCUT2D eigenvalue weighted by molar-refractivity contribution is 5.78. The third-order valence-corrected chi connectivity index (χ3v) is 7.73. The van der Waals surface area contributed by atoms with Gasteiger partial charge in [-0.3, -0.25) is 4.79 Å². The van der Waals surface area contributed by atoms with Crippen molar-refractivity contribution in [2.24, 2.45) is 11.8 Å². The first-order valence-electron chi connectivity index (χ1n) is 13.8. The van der Waals surface area contributed by atoms with Crippen LogP contribution in [0.2, 0.25) is 0 Å². The lowest BCUT2D eigenvalue weighted by Crippen LogP contribution is -2.16. The third kappa shape index (κ3) is 7.81. The summed E-state index contributed by atoms with van der Waals surface area (Å²) in [6, 6.07) is 18.7. The second-order valence-electron chi connectivity index (χ2n) is 10.5. The van der Waals surface area contributed by atoms with Crippen LogP contribution in [0.4, 0.5) is 0 Å². The standard InChI is InChI=1S/C32H41NO3/c1-24-31(33-32(36-24)28-13-8-16-30(23-28)35-2)17-9-15-29(34)14-7-6-10-25-18-20-27(21-19-25)22-26-11-4-3-5-12-26/h3-5,8,11-13,16,23,25,27H,6-7,9-10,14-15,17-22H2,1-2H3. The van der Waals surface area contributed by atoms with Gasteiger partial charge in [-0.05, 0) is 81.0 Å². The summed E-state index contributed by atoms with van der Waals surface area (Å²) in [4.78, 5) is 17.1. The molecule has 0 unspecified atom stereocenters. The molecule has 4 heteroatoms. The molecule has 0 aliphatic heterocycles. The number of unbranched alkanes of at least 4 members (excludes halogenated alkanes) is 1. The molecule has 192 valence electrons. The summed E-state index contributed by atoms with van der Waals surface area (Å²) < 4.78 is 11.2. The van der Waals surface area contributed by atoms with Crippen molar-refractivity contribution in [1.82, 2.24) is 4.98 Å². The second kappa shape index (κ2) is 13.4. The Morgan fingerprint density at radius 1 is 0.944 bits per heavy atom. The Kier molecular flexibility index (Phi) is 9.77. The number of carbonyl (C=O) groups is 1. The molecule has 4 rings (SSSR count). The molecule has 1 aliphatic rings. The largest absolute Gasteiger partial charge is 0.497 e. The number of carbonyl (C=O) groups excluding carboxylic acids is 1. The van der Waals surface area contributed by atoms with Crippen LogP contribution < -0.4 is 4.74 Å². The molecule has 0 radical (unpaired) electrons. The fourth-order valence-corrected chi connectivity index (χ4v) is 5.54. The number of methoxy groups -OCH3 is 1. The topological polar surface area (TPSA) is 52.3 Å². The first-order chi connectivity index (χ1) is 17.6. The van der Waals surface area contributed by atoms with Gasteiger partial charge in [-0.25, -0.2) is 4.98 Å². The Hall–Kier alpha value is -2.88. The van der Waals surface area contributed by atoms with Crippen LogP contribution in [0.3, 0.4) is 0 Å². The first-order valence-corrected chi connectivity index (χ1v) is 13.8. The summed E-state index contributed by atoms with van der Waals surface area (Å²) in [5, 5.41) is 0. The smallest absolute Gasteiger partial charge is 0.226 e. The summed E-state index contributed by atoms with van der Waals surface area (Å²) in [5.74, 6) is 4.33. The predicted molar refractivity (Wildman–Crippen MR) is 145 cm³/mol. The first kappa shape index (κ1) is 26.2. The molecule has 0 amide bonds. The maximum atomic E-state index is 12.4. The number of aromatic nitrogens is 1. The molecule has 1 fully saturated rings. The summed E-state index contributed by atoms with van der Waals surface area (Å²) in [6.45, 7) is 1.95. The molecule has 1 heterocycles. The van der Waals surface area contributed by atoms with Gasteiger partial charge in [0.15, 0.2) is 0 Å². The number of hydrogen-bond acceptors (Lipinski definition) is 4. The van der Waals surface area contributed by atoms with Crippen LogP contribution in [0.25, 0.3) is 11.5 Å². The molecule has 36 heavy (non-hydrogen) atoms. The number of ketones is 1. The van der Waals surface area contributed by atoms with Crippen molar-refractivity contribution in [1.29, 1.82) is 0 Å². The zero-order valence-electron chi connectivity index (χ0n) is 22.0. The van der Waals surface area contributed by atoms with Gasteiger partial charge in [-0.2, -0.15) is 0 Å². The van der Waals surface area contributed by atoms with E-state index in [1.807, 2.05) is 31.2 Å². The molecule has 1 aromatic heterocycles. The van der Waals surface area contributed by atoms with Gasteiger partial charge in [0.2, 0.25) is 5.89 Å². The molecular formula is C32H41NO3.